The van der Waals surface area contributed by atoms with Crippen LogP contribution in [0.4, 0.5) is 0 Å². The van der Waals surface area contributed by atoms with Crippen molar-refractivity contribution in [3.63, 3.8) is 0 Å². The van der Waals surface area contributed by atoms with Gasteiger partial charge in [0.05, 0.1) is 6.61 Å². The molecule has 0 atom stereocenters. The second-order valence-corrected chi connectivity index (χ2v) is 4.92. The summed E-state index contributed by atoms with van der Waals surface area (Å²) < 4.78 is 8.77. The Bertz CT molecular complexity index is 525. The van der Waals surface area contributed by atoms with Crippen LogP contribution in [0, 0.1) is 0 Å². The molecule has 96 valence electrons. The van der Waals surface area contributed by atoms with Gasteiger partial charge in [-0.15, -0.1) is 0 Å². The summed E-state index contributed by atoms with van der Waals surface area (Å²) in [7, 11) is 1.98. The minimum atomic E-state index is 0.469. The van der Waals surface area contributed by atoms with Gasteiger partial charge >= 0.3 is 0 Å². The number of benzene rings is 1. The monoisotopic (exact) mass is 309 g/mol. The van der Waals surface area contributed by atoms with Crippen LogP contribution in [-0.4, -0.2) is 16.2 Å². The first-order chi connectivity index (χ1) is 8.70. The van der Waals surface area contributed by atoms with Gasteiger partial charge < -0.3 is 15.0 Å². The molecule has 2 rings (SSSR count). The van der Waals surface area contributed by atoms with Crippen molar-refractivity contribution >= 4 is 15.9 Å². The molecule has 0 radical (unpaired) electrons. The third kappa shape index (κ3) is 3.11. The van der Waals surface area contributed by atoms with Crippen molar-refractivity contribution in [1.29, 1.82) is 0 Å². The summed E-state index contributed by atoms with van der Waals surface area (Å²) in [6, 6.07) is 5.87. The van der Waals surface area contributed by atoms with Gasteiger partial charge in [-0.3, -0.25) is 0 Å². The summed E-state index contributed by atoms with van der Waals surface area (Å²) in [4.78, 5) is 4.25. The van der Waals surface area contributed by atoms with E-state index in [2.05, 4.69) is 20.9 Å². The number of aryl methyl sites for hydroxylation is 1. The average molecular weight is 310 g/mol. The summed E-state index contributed by atoms with van der Waals surface area (Å²) in [6.45, 7) is 1.07. The predicted octanol–water partition coefficient (Wildman–Crippen LogP) is 2.26. The van der Waals surface area contributed by atoms with E-state index >= 15 is 0 Å². The second kappa shape index (κ2) is 6.02. The lowest BCUT2D eigenvalue weighted by molar-refractivity contribution is 0.314. The van der Waals surface area contributed by atoms with Gasteiger partial charge in [0.15, 0.2) is 0 Å². The van der Waals surface area contributed by atoms with E-state index in [0.29, 0.717) is 13.2 Å². The Morgan fingerprint density at radius 2 is 2.28 bits per heavy atom. The molecule has 0 spiro atoms. The Hall–Kier alpha value is -1.33. The standard InChI is InChI=1S/C13H16BrN3O/c1-17-6-5-16-13(17)4-7-18-12-3-2-11(14)8-10(12)9-15/h2-3,5-6,8H,4,7,9,15H2,1H3. The first kappa shape index (κ1) is 13.1. The smallest absolute Gasteiger partial charge is 0.123 e. The zero-order valence-electron chi connectivity index (χ0n) is 10.3. The largest absolute Gasteiger partial charge is 0.493 e. The molecule has 0 unspecified atom stereocenters. The lowest BCUT2D eigenvalue weighted by atomic mass is 10.2. The highest BCUT2D eigenvalue weighted by atomic mass is 79.9. The van der Waals surface area contributed by atoms with Crippen LogP contribution >= 0.6 is 15.9 Å². The van der Waals surface area contributed by atoms with Gasteiger partial charge in [-0.25, -0.2) is 4.98 Å². The van der Waals surface area contributed by atoms with Crippen LogP contribution in [0.5, 0.6) is 5.75 Å². The molecule has 0 bridgehead atoms. The van der Waals surface area contributed by atoms with E-state index in [1.165, 1.54) is 0 Å². The first-order valence-electron chi connectivity index (χ1n) is 5.78. The van der Waals surface area contributed by atoms with Crippen LogP contribution in [0.15, 0.2) is 35.1 Å². The molecule has 5 heteroatoms. The van der Waals surface area contributed by atoms with Crippen molar-refractivity contribution in [1.82, 2.24) is 9.55 Å². The van der Waals surface area contributed by atoms with E-state index < -0.39 is 0 Å². The van der Waals surface area contributed by atoms with Gasteiger partial charge in [0, 0.05) is 42.4 Å². The molecule has 0 saturated carbocycles. The molecular formula is C13H16BrN3O. The fourth-order valence-electron chi connectivity index (χ4n) is 1.74. The van der Waals surface area contributed by atoms with E-state index in [9.17, 15) is 0 Å². The number of nitrogens with zero attached hydrogens (tertiary/aromatic N) is 2. The van der Waals surface area contributed by atoms with Crippen molar-refractivity contribution in [3.8, 4) is 5.75 Å². The molecule has 0 aliphatic carbocycles. The molecule has 1 aromatic carbocycles. The minimum absolute atomic E-state index is 0.469. The fraction of sp³-hybridized carbons (Fsp3) is 0.308. The fourth-order valence-corrected chi connectivity index (χ4v) is 2.15. The second-order valence-electron chi connectivity index (χ2n) is 4.01. The van der Waals surface area contributed by atoms with E-state index in [1.54, 1.807) is 6.20 Å². The molecule has 0 aliphatic rings. The van der Waals surface area contributed by atoms with E-state index in [0.717, 1.165) is 28.0 Å². The number of hydrogen-bond donors (Lipinski definition) is 1. The topological polar surface area (TPSA) is 53.1 Å². The number of aromatic nitrogens is 2. The third-order valence-corrected chi connectivity index (χ3v) is 3.24. The maximum Gasteiger partial charge on any atom is 0.123 e. The summed E-state index contributed by atoms with van der Waals surface area (Å²) in [5.41, 5.74) is 6.70. The van der Waals surface area contributed by atoms with Crippen LogP contribution in [0.3, 0.4) is 0 Å². The first-order valence-corrected chi connectivity index (χ1v) is 6.57. The quantitative estimate of drug-likeness (QED) is 0.921. The maximum atomic E-state index is 5.76. The number of ether oxygens (including phenoxy) is 1. The van der Waals surface area contributed by atoms with Crippen molar-refractivity contribution in [3.05, 3.63) is 46.5 Å². The van der Waals surface area contributed by atoms with Crippen LogP contribution in [0.1, 0.15) is 11.4 Å². The normalized spacial score (nSPS) is 10.6. The number of halogens is 1. The molecule has 0 amide bonds. The Morgan fingerprint density at radius 3 is 2.94 bits per heavy atom. The summed E-state index contributed by atoms with van der Waals surface area (Å²) in [5.74, 6) is 1.86. The molecule has 18 heavy (non-hydrogen) atoms. The Balaban J connectivity index is 1.96. The van der Waals surface area contributed by atoms with Gasteiger partial charge in [-0.2, -0.15) is 0 Å². The lowest BCUT2D eigenvalue weighted by Gasteiger charge is -2.10. The summed E-state index contributed by atoms with van der Waals surface area (Å²) >= 11 is 3.42. The molecule has 4 nitrogen and oxygen atoms in total. The lowest BCUT2D eigenvalue weighted by Crippen LogP contribution is -2.08. The number of nitrogens with two attached hydrogens (primary N) is 1. The van der Waals surface area contributed by atoms with Crippen LogP contribution < -0.4 is 10.5 Å². The minimum Gasteiger partial charge on any atom is -0.493 e. The highest BCUT2D eigenvalue weighted by Gasteiger charge is 2.04. The molecule has 2 aromatic rings. The number of rotatable bonds is 5. The molecule has 0 aliphatic heterocycles. The van der Waals surface area contributed by atoms with Crippen LogP contribution in [-0.2, 0) is 20.0 Å². The zero-order valence-corrected chi connectivity index (χ0v) is 11.9. The van der Waals surface area contributed by atoms with Crippen molar-refractivity contribution in [2.24, 2.45) is 12.8 Å². The SMILES string of the molecule is Cn1ccnc1CCOc1ccc(Br)cc1CN. The zero-order chi connectivity index (χ0) is 13.0. The summed E-state index contributed by atoms with van der Waals surface area (Å²) in [5, 5.41) is 0. The van der Waals surface area contributed by atoms with Gasteiger partial charge in [0.1, 0.15) is 11.6 Å². The Morgan fingerprint density at radius 1 is 1.44 bits per heavy atom. The van der Waals surface area contributed by atoms with Gasteiger partial charge in [0.2, 0.25) is 0 Å². The van der Waals surface area contributed by atoms with Gasteiger partial charge in [-0.1, -0.05) is 15.9 Å². The van der Waals surface area contributed by atoms with Crippen LogP contribution in [0.25, 0.3) is 0 Å². The van der Waals surface area contributed by atoms with E-state index in [1.807, 2.05) is 36.0 Å². The Kier molecular flexibility index (Phi) is 4.38. The predicted molar refractivity (Wildman–Crippen MR) is 74.4 cm³/mol. The van der Waals surface area contributed by atoms with E-state index in [4.69, 9.17) is 10.5 Å². The number of hydrogen-bond acceptors (Lipinski definition) is 3. The Labute approximate surface area is 115 Å². The molecule has 0 fully saturated rings. The molecule has 0 saturated heterocycles. The van der Waals surface area contributed by atoms with Crippen molar-refractivity contribution < 1.29 is 4.74 Å². The van der Waals surface area contributed by atoms with Gasteiger partial charge in [-0.05, 0) is 18.2 Å². The van der Waals surface area contributed by atoms with E-state index in [-0.39, 0.29) is 0 Å². The molecule has 1 aromatic heterocycles. The number of imidazole rings is 1. The highest BCUT2D eigenvalue weighted by Crippen LogP contribution is 2.22. The molecular weight excluding hydrogens is 294 g/mol. The third-order valence-electron chi connectivity index (χ3n) is 2.75. The van der Waals surface area contributed by atoms with Gasteiger partial charge in [0.25, 0.3) is 0 Å². The molecule has 1 heterocycles. The summed E-state index contributed by atoms with van der Waals surface area (Å²) in [6.07, 6.45) is 4.50. The van der Waals surface area contributed by atoms with Crippen molar-refractivity contribution in [2.45, 2.75) is 13.0 Å². The average Bonchev–Trinajstić information content (AvgIpc) is 2.77. The maximum absolute atomic E-state index is 5.76. The molecule has 2 N–H and O–H groups in total. The highest BCUT2D eigenvalue weighted by molar-refractivity contribution is 9.10. The van der Waals surface area contributed by atoms with Crippen molar-refractivity contribution in [2.75, 3.05) is 6.61 Å². The van der Waals surface area contributed by atoms with Crippen LogP contribution in [0.2, 0.25) is 0 Å².